The van der Waals surface area contributed by atoms with Crippen molar-refractivity contribution in [2.45, 2.75) is 31.7 Å². The van der Waals surface area contributed by atoms with Crippen LogP contribution < -0.4 is 10.2 Å². The summed E-state index contributed by atoms with van der Waals surface area (Å²) in [5, 5.41) is 3.54. The lowest BCUT2D eigenvalue weighted by molar-refractivity contribution is -0.117. The lowest BCUT2D eigenvalue weighted by atomic mass is 10.0. The van der Waals surface area contributed by atoms with Gasteiger partial charge in [-0.15, -0.1) is 0 Å². The number of nitrogens with one attached hydrogen (secondary N) is 1. The number of hydrogen-bond donors (Lipinski definition) is 1. The van der Waals surface area contributed by atoms with Crippen molar-refractivity contribution in [1.82, 2.24) is 4.90 Å². The third-order valence-electron chi connectivity index (χ3n) is 5.35. The second-order valence-corrected chi connectivity index (χ2v) is 7.27. The van der Waals surface area contributed by atoms with Gasteiger partial charge < -0.3 is 15.1 Å². The molecule has 1 unspecified atom stereocenters. The number of amides is 2. The predicted molar refractivity (Wildman–Crippen MR) is 107 cm³/mol. The topological polar surface area (TPSA) is 52.7 Å². The molecular formula is C22H25N3O2. The number of rotatable bonds is 4. The quantitative estimate of drug-likeness (QED) is 0.904. The molecule has 2 aliphatic heterocycles. The lowest BCUT2D eigenvalue weighted by Gasteiger charge is -2.34. The fourth-order valence-electron chi connectivity index (χ4n) is 4.01. The standard InChI is InChI=1S/C22H25N3O2/c26-21-13-7-15-25(21)20-12-5-4-11-19(20)22(27)24-14-6-10-18(16-24)23-17-8-2-1-3-9-17/h1-5,8-9,11-12,18,23H,6-7,10,13-16H2. The molecule has 2 saturated heterocycles. The van der Waals surface area contributed by atoms with Crippen molar-refractivity contribution in [3.63, 3.8) is 0 Å². The molecule has 0 bridgehead atoms. The average molecular weight is 363 g/mol. The van der Waals surface area contributed by atoms with Gasteiger partial charge in [-0.05, 0) is 43.5 Å². The normalized spacial score (nSPS) is 20.0. The number of carbonyl (C=O) groups excluding carboxylic acids is 2. The Morgan fingerprint density at radius 2 is 1.74 bits per heavy atom. The molecule has 0 radical (unpaired) electrons. The van der Waals surface area contributed by atoms with Crippen LogP contribution in [0, 0.1) is 0 Å². The van der Waals surface area contributed by atoms with Crippen molar-refractivity contribution in [1.29, 1.82) is 0 Å². The minimum atomic E-state index is 0.0184. The van der Waals surface area contributed by atoms with Crippen molar-refractivity contribution >= 4 is 23.2 Å². The highest BCUT2D eigenvalue weighted by Gasteiger charge is 2.29. The van der Waals surface area contributed by atoms with Crippen molar-refractivity contribution < 1.29 is 9.59 Å². The molecule has 1 atom stereocenters. The Balaban J connectivity index is 1.50. The monoisotopic (exact) mass is 363 g/mol. The van der Waals surface area contributed by atoms with E-state index in [1.54, 1.807) is 4.90 Å². The highest BCUT2D eigenvalue weighted by Crippen LogP contribution is 2.27. The van der Waals surface area contributed by atoms with Crippen molar-refractivity contribution in [2.24, 2.45) is 0 Å². The Kier molecular flexibility index (Phi) is 5.10. The minimum Gasteiger partial charge on any atom is -0.381 e. The second kappa shape index (κ2) is 7.82. The Hall–Kier alpha value is -2.82. The molecular weight excluding hydrogens is 338 g/mol. The molecule has 27 heavy (non-hydrogen) atoms. The van der Waals surface area contributed by atoms with Crippen molar-refractivity contribution in [2.75, 3.05) is 29.9 Å². The molecule has 2 aromatic carbocycles. The van der Waals surface area contributed by atoms with E-state index in [1.807, 2.05) is 47.4 Å². The molecule has 2 aromatic rings. The van der Waals surface area contributed by atoms with Gasteiger partial charge in [0.15, 0.2) is 0 Å². The van der Waals surface area contributed by atoms with Crippen LogP contribution in [0.15, 0.2) is 54.6 Å². The van der Waals surface area contributed by atoms with Crippen LogP contribution in [0.1, 0.15) is 36.0 Å². The van der Waals surface area contributed by atoms with Crippen LogP contribution in [0.5, 0.6) is 0 Å². The molecule has 0 aliphatic carbocycles. The molecule has 5 nitrogen and oxygen atoms in total. The number of para-hydroxylation sites is 2. The summed E-state index contributed by atoms with van der Waals surface area (Å²) in [4.78, 5) is 29.1. The summed E-state index contributed by atoms with van der Waals surface area (Å²) in [5.74, 6) is 0.127. The third kappa shape index (κ3) is 3.82. The summed E-state index contributed by atoms with van der Waals surface area (Å²) in [6, 6.07) is 17.9. The number of likely N-dealkylation sites (tertiary alicyclic amines) is 1. The Morgan fingerprint density at radius 3 is 2.52 bits per heavy atom. The molecule has 1 N–H and O–H groups in total. The number of nitrogens with zero attached hydrogens (tertiary/aromatic N) is 2. The highest BCUT2D eigenvalue weighted by molar-refractivity contribution is 6.05. The van der Waals surface area contributed by atoms with Crippen LogP contribution >= 0.6 is 0 Å². The zero-order chi connectivity index (χ0) is 18.6. The van der Waals surface area contributed by atoms with Crippen LogP contribution in [-0.4, -0.2) is 42.4 Å². The molecule has 5 heteroatoms. The van der Waals surface area contributed by atoms with Gasteiger partial charge in [0.1, 0.15) is 0 Å². The molecule has 2 fully saturated rings. The Morgan fingerprint density at radius 1 is 0.963 bits per heavy atom. The highest BCUT2D eigenvalue weighted by atomic mass is 16.2. The van der Waals surface area contributed by atoms with Crippen LogP contribution in [0.4, 0.5) is 11.4 Å². The summed E-state index contributed by atoms with van der Waals surface area (Å²) in [7, 11) is 0. The van der Waals surface area contributed by atoms with Gasteiger partial charge in [-0.3, -0.25) is 9.59 Å². The van der Waals surface area contributed by atoms with Crippen molar-refractivity contribution in [3.05, 3.63) is 60.2 Å². The van der Waals surface area contributed by atoms with Gasteiger partial charge in [-0.1, -0.05) is 30.3 Å². The molecule has 2 heterocycles. The van der Waals surface area contributed by atoms with E-state index < -0.39 is 0 Å². The molecule has 0 saturated carbocycles. The molecule has 2 aliphatic rings. The van der Waals surface area contributed by atoms with E-state index in [9.17, 15) is 9.59 Å². The fraction of sp³-hybridized carbons (Fsp3) is 0.364. The summed E-state index contributed by atoms with van der Waals surface area (Å²) in [6.07, 6.45) is 3.44. The predicted octanol–water partition coefficient (Wildman–Crippen LogP) is 3.53. The van der Waals surface area contributed by atoms with Crippen LogP contribution in [0.25, 0.3) is 0 Å². The summed E-state index contributed by atoms with van der Waals surface area (Å²) >= 11 is 0. The van der Waals surface area contributed by atoms with E-state index in [2.05, 4.69) is 17.4 Å². The van der Waals surface area contributed by atoms with E-state index in [-0.39, 0.29) is 17.9 Å². The van der Waals surface area contributed by atoms with Crippen molar-refractivity contribution in [3.8, 4) is 0 Å². The maximum absolute atomic E-state index is 13.2. The van der Waals surface area contributed by atoms with Crippen LogP contribution in [0.2, 0.25) is 0 Å². The first-order valence-electron chi connectivity index (χ1n) is 9.72. The van der Waals surface area contributed by atoms with Gasteiger partial charge in [0, 0.05) is 37.8 Å². The Labute approximate surface area is 160 Å². The van der Waals surface area contributed by atoms with Crippen LogP contribution in [0.3, 0.4) is 0 Å². The molecule has 2 amide bonds. The van der Waals surface area contributed by atoms with E-state index in [1.165, 1.54) is 0 Å². The Bertz CT molecular complexity index is 821. The summed E-state index contributed by atoms with van der Waals surface area (Å²) < 4.78 is 0. The molecule has 4 rings (SSSR count). The van der Waals surface area contributed by atoms with Gasteiger partial charge in [-0.2, -0.15) is 0 Å². The summed E-state index contributed by atoms with van der Waals surface area (Å²) in [5.41, 5.74) is 2.47. The minimum absolute atomic E-state index is 0.0184. The molecule has 0 aromatic heterocycles. The number of piperidine rings is 1. The van der Waals surface area contributed by atoms with Gasteiger partial charge in [0.05, 0.1) is 11.3 Å². The number of anilines is 2. The lowest BCUT2D eigenvalue weighted by Crippen LogP contribution is -2.45. The maximum atomic E-state index is 13.2. The van der Waals surface area contributed by atoms with Gasteiger partial charge in [0.2, 0.25) is 5.91 Å². The first-order chi connectivity index (χ1) is 13.2. The first-order valence-corrected chi connectivity index (χ1v) is 9.72. The molecule has 0 spiro atoms. The zero-order valence-corrected chi connectivity index (χ0v) is 15.4. The van der Waals surface area contributed by atoms with Gasteiger partial charge >= 0.3 is 0 Å². The second-order valence-electron chi connectivity index (χ2n) is 7.27. The largest absolute Gasteiger partial charge is 0.381 e. The fourth-order valence-corrected chi connectivity index (χ4v) is 4.01. The van der Waals surface area contributed by atoms with E-state index in [4.69, 9.17) is 0 Å². The molecule has 140 valence electrons. The van der Waals surface area contributed by atoms with E-state index >= 15 is 0 Å². The third-order valence-corrected chi connectivity index (χ3v) is 5.35. The SMILES string of the molecule is O=C(c1ccccc1N1CCCC1=O)N1CCCC(Nc2ccccc2)C1. The number of hydrogen-bond acceptors (Lipinski definition) is 3. The van der Waals surface area contributed by atoms with Crippen LogP contribution in [-0.2, 0) is 4.79 Å². The number of benzene rings is 2. The van der Waals surface area contributed by atoms with Gasteiger partial charge in [-0.25, -0.2) is 0 Å². The zero-order valence-electron chi connectivity index (χ0n) is 15.4. The summed E-state index contributed by atoms with van der Waals surface area (Å²) in [6.45, 7) is 2.13. The van der Waals surface area contributed by atoms with E-state index in [0.717, 1.165) is 37.2 Å². The smallest absolute Gasteiger partial charge is 0.256 e. The average Bonchev–Trinajstić information content (AvgIpc) is 3.14. The number of carbonyl (C=O) groups is 2. The first kappa shape index (κ1) is 17.6. The van der Waals surface area contributed by atoms with E-state index in [0.29, 0.717) is 25.1 Å². The maximum Gasteiger partial charge on any atom is 0.256 e. The van der Waals surface area contributed by atoms with Gasteiger partial charge in [0.25, 0.3) is 5.91 Å².